The lowest BCUT2D eigenvalue weighted by Crippen LogP contribution is -2.08. The molecular weight excluding hydrogens is 255 g/mol. The maximum absolute atomic E-state index is 13.0. The summed E-state index contributed by atoms with van der Waals surface area (Å²) in [6, 6.07) is 5.28. The molecular formula is C14H12F3NO. The number of hydrogen-bond acceptors (Lipinski definition) is 2. The fraction of sp³-hybridized carbons (Fsp3) is 0.214. The van der Waals surface area contributed by atoms with Crippen molar-refractivity contribution < 1.29 is 18.3 Å². The van der Waals surface area contributed by atoms with Gasteiger partial charge in [0.05, 0.1) is 12.2 Å². The fourth-order valence-electron chi connectivity index (χ4n) is 1.91. The average molecular weight is 267 g/mol. The molecule has 0 bridgehead atoms. The van der Waals surface area contributed by atoms with Crippen LogP contribution in [0.1, 0.15) is 16.7 Å². The number of alkyl halides is 3. The molecule has 0 amide bonds. The van der Waals surface area contributed by atoms with Gasteiger partial charge in [0, 0.05) is 18.0 Å². The molecule has 1 aromatic carbocycles. The Hall–Kier alpha value is -1.88. The van der Waals surface area contributed by atoms with Crippen molar-refractivity contribution in [3.8, 4) is 11.1 Å². The van der Waals surface area contributed by atoms with Gasteiger partial charge in [0.2, 0.25) is 0 Å². The Bertz CT molecular complexity index is 593. The molecule has 19 heavy (non-hydrogen) atoms. The van der Waals surface area contributed by atoms with Crippen molar-refractivity contribution in [2.45, 2.75) is 19.7 Å². The zero-order chi connectivity index (χ0) is 14.0. The molecule has 0 atom stereocenters. The minimum atomic E-state index is -4.44. The summed E-state index contributed by atoms with van der Waals surface area (Å²) >= 11 is 0. The SMILES string of the molecule is Cc1ccncc1-c1cc(CO)ccc1C(F)(F)F. The van der Waals surface area contributed by atoms with Crippen molar-refractivity contribution in [2.75, 3.05) is 0 Å². The molecule has 0 radical (unpaired) electrons. The first-order valence-electron chi connectivity index (χ1n) is 5.65. The number of rotatable bonds is 2. The molecule has 0 unspecified atom stereocenters. The summed E-state index contributed by atoms with van der Waals surface area (Å²) in [6.07, 6.45) is -1.51. The first kappa shape index (κ1) is 13.5. The van der Waals surface area contributed by atoms with Gasteiger partial charge >= 0.3 is 6.18 Å². The van der Waals surface area contributed by atoms with Gasteiger partial charge in [-0.3, -0.25) is 4.98 Å². The molecule has 2 nitrogen and oxygen atoms in total. The molecule has 100 valence electrons. The monoisotopic (exact) mass is 267 g/mol. The lowest BCUT2D eigenvalue weighted by molar-refractivity contribution is -0.137. The van der Waals surface area contributed by atoms with E-state index in [2.05, 4.69) is 4.98 Å². The van der Waals surface area contributed by atoms with E-state index in [1.807, 2.05) is 0 Å². The second-order valence-corrected chi connectivity index (χ2v) is 4.23. The van der Waals surface area contributed by atoms with Gasteiger partial charge in [0.15, 0.2) is 0 Å². The minimum Gasteiger partial charge on any atom is -0.392 e. The Labute approximate surface area is 108 Å². The summed E-state index contributed by atoms with van der Waals surface area (Å²) in [5.74, 6) is 0. The molecule has 0 aliphatic carbocycles. The van der Waals surface area contributed by atoms with Crippen molar-refractivity contribution in [3.05, 3.63) is 53.3 Å². The zero-order valence-corrected chi connectivity index (χ0v) is 10.2. The summed E-state index contributed by atoms with van der Waals surface area (Å²) < 4.78 is 39.1. The highest BCUT2D eigenvalue weighted by atomic mass is 19.4. The molecule has 0 saturated heterocycles. The molecule has 1 heterocycles. The van der Waals surface area contributed by atoms with Gasteiger partial charge in [0.1, 0.15) is 0 Å². The fourth-order valence-corrected chi connectivity index (χ4v) is 1.91. The highest BCUT2D eigenvalue weighted by Gasteiger charge is 2.34. The molecule has 1 N–H and O–H groups in total. The number of aliphatic hydroxyl groups is 1. The highest BCUT2D eigenvalue weighted by Crippen LogP contribution is 2.38. The quantitative estimate of drug-likeness (QED) is 0.902. The molecule has 1 aromatic heterocycles. The zero-order valence-electron chi connectivity index (χ0n) is 10.2. The Balaban J connectivity index is 2.69. The number of pyridine rings is 1. The molecule has 0 fully saturated rings. The number of hydrogen-bond donors (Lipinski definition) is 1. The van der Waals surface area contributed by atoms with Crippen LogP contribution in [0.4, 0.5) is 13.2 Å². The van der Waals surface area contributed by atoms with Gasteiger partial charge in [0.25, 0.3) is 0 Å². The molecule has 5 heteroatoms. The number of aliphatic hydroxyl groups excluding tert-OH is 1. The number of nitrogens with zero attached hydrogens (tertiary/aromatic N) is 1. The summed E-state index contributed by atoms with van der Waals surface area (Å²) in [4.78, 5) is 3.87. The third-order valence-electron chi connectivity index (χ3n) is 2.90. The van der Waals surface area contributed by atoms with Gasteiger partial charge < -0.3 is 5.11 Å². The van der Waals surface area contributed by atoms with Crippen LogP contribution in [0.15, 0.2) is 36.7 Å². The van der Waals surface area contributed by atoms with E-state index in [0.29, 0.717) is 16.7 Å². The lowest BCUT2D eigenvalue weighted by atomic mass is 9.95. The van der Waals surface area contributed by atoms with Crippen LogP contribution < -0.4 is 0 Å². The van der Waals surface area contributed by atoms with E-state index in [0.717, 1.165) is 6.07 Å². The largest absolute Gasteiger partial charge is 0.417 e. The molecule has 0 aliphatic rings. The second kappa shape index (κ2) is 5.01. The molecule has 2 rings (SSSR count). The van der Waals surface area contributed by atoms with E-state index in [1.54, 1.807) is 13.0 Å². The van der Waals surface area contributed by atoms with Crippen LogP contribution in [-0.2, 0) is 12.8 Å². The maximum atomic E-state index is 13.0. The van der Waals surface area contributed by atoms with Crippen LogP contribution in [0.5, 0.6) is 0 Å². The van der Waals surface area contributed by atoms with Crippen molar-refractivity contribution >= 4 is 0 Å². The predicted octanol–water partition coefficient (Wildman–Crippen LogP) is 3.57. The van der Waals surface area contributed by atoms with Crippen molar-refractivity contribution in [2.24, 2.45) is 0 Å². The third-order valence-corrected chi connectivity index (χ3v) is 2.90. The Morgan fingerprint density at radius 1 is 1.16 bits per heavy atom. The van der Waals surface area contributed by atoms with E-state index < -0.39 is 11.7 Å². The van der Waals surface area contributed by atoms with Crippen molar-refractivity contribution in [1.82, 2.24) is 4.98 Å². The standard InChI is InChI=1S/C14H12F3NO/c1-9-4-5-18-7-12(9)11-6-10(8-19)2-3-13(11)14(15,16)17/h2-7,19H,8H2,1H3. The molecule has 2 aromatic rings. The lowest BCUT2D eigenvalue weighted by Gasteiger charge is -2.15. The van der Waals surface area contributed by atoms with E-state index in [-0.39, 0.29) is 12.2 Å². The van der Waals surface area contributed by atoms with Crippen LogP contribution in [-0.4, -0.2) is 10.1 Å². The van der Waals surface area contributed by atoms with Crippen LogP contribution in [0, 0.1) is 6.92 Å². The minimum absolute atomic E-state index is 0.0460. The van der Waals surface area contributed by atoms with Gasteiger partial charge in [-0.15, -0.1) is 0 Å². The first-order chi connectivity index (χ1) is 8.93. The normalized spacial score (nSPS) is 11.6. The van der Waals surface area contributed by atoms with E-state index in [4.69, 9.17) is 5.11 Å². The van der Waals surface area contributed by atoms with Crippen molar-refractivity contribution in [3.63, 3.8) is 0 Å². The Kier molecular flexibility index (Phi) is 3.57. The van der Waals surface area contributed by atoms with Crippen LogP contribution in [0.2, 0.25) is 0 Å². The number of halogens is 3. The molecule has 0 spiro atoms. The summed E-state index contributed by atoms with van der Waals surface area (Å²) in [5.41, 5.74) is 0.886. The maximum Gasteiger partial charge on any atom is 0.417 e. The number of benzene rings is 1. The molecule has 0 saturated carbocycles. The third kappa shape index (κ3) is 2.76. The summed E-state index contributed by atoms with van der Waals surface area (Å²) in [7, 11) is 0. The second-order valence-electron chi connectivity index (χ2n) is 4.23. The van der Waals surface area contributed by atoms with Gasteiger partial charge in [-0.25, -0.2) is 0 Å². The summed E-state index contributed by atoms with van der Waals surface area (Å²) in [6.45, 7) is 1.42. The number of aryl methyl sites for hydroxylation is 1. The average Bonchev–Trinajstić information content (AvgIpc) is 2.37. The van der Waals surface area contributed by atoms with E-state index in [9.17, 15) is 13.2 Å². The van der Waals surface area contributed by atoms with Gasteiger partial charge in [-0.1, -0.05) is 6.07 Å². The highest BCUT2D eigenvalue weighted by molar-refractivity contribution is 5.71. The van der Waals surface area contributed by atoms with E-state index in [1.165, 1.54) is 24.5 Å². The predicted molar refractivity (Wildman–Crippen MR) is 65.3 cm³/mol. The van der Waals surface area contributed by atoms with Crippen LogP contribution >= 0.6 is 0 Å². The number of aromatic nitrogens is 1. The Morgan fingerprint density at radius 2 is 1.89 bits per heavy atom. The Morgan fingerprint density at radius 3 is 2.47 bits per heavy atom. The van der Waals surface area contributed by atoms with Crippen molar-refractivity contribution in [1.29, 1.82) is 0 Å². The first-order valence-corrected chi connectivity index (χ1v) is 5.65. The smallest absolute Gasteiger partial charge is 0.392 e. The van der Waals surface area contributed by atoms with Gasteiger partial charge in [-0.05, 0) is 41.8 Å². The van der Waals surface area contributed by atoms with Crippen LogP contribution in [0.25, 0.3) is 11.1 Å². The topological polar surface area (TPSA) is 33.1 Å². The molecule has 0 aliphatic heterocycles. The van der Waals surface area contributed by atoms with Crippen LogP contribution in [0.3, 0.4) is 0 Å². The summed E-state index contributed by atoms with van der Waals surface area (Å²) in [5, 5.41) is 9.08. The van der Waals surface area contributed by atoms with Gasteiger partial charge in [-0.2, -0.15) is 13.2 Å². The van der Waals surface area contributed by atoms with E-state index >= 15 is 0 Å².